The highest BCUT2D eigenvalue weighted by molar-refractivity contribution is 8.01. The molecule has 2 nitrogen and oxygen atoms in total. The van der Waals surface area contributed by atoms with E-state index in [0.29, 0.717) is 5.75 Å². The second-order valence-electron chi connectivity index (χ2n) is 3.57. The molecule has 1 N–H and O–H groups in total. The number of halogens is 1. The molecule has 5 heteroatoms. The number of thioether (sulfide) groups is 1. The van der Waals surface area contributed by atoms with Gasteiger partial charge in [0.2, 0.25) is 0 Å². The average Bonchev–Trinajstić information content (AvgIpc) is 2.67. The van der Waals surface area contributed by atoms with Crippen LogP contribution in [0.5, 0.6) is 0 Å². The van der Waals surface area contributed by atoms with Gasteiger partial charge in [-0.3, -0.25) is 0 Å². The van der Waals surface area contributed by atoms with Crippen LogP contribution in [-0.2, 0) is 0 Å². The van der Waals surface area contributed by atoms with Crippen LogP contribution in [0.1, 0.15) is 5.56 Å². The number of rotatable bonds is 4. The van der Waals surface area contributed by atoms with Crippen molar-refractivity contribution < 1.29 is 5.11 Å². The van der Waals surface area contributed by atoms with Crippen LogP contribution < -0.4 is 0 Å². The Bertz CT molecular complexity index is 486. The number of aliphatic hydroxyl groups is 1. The molecule has 0 bridgehead atoms. The molecule has 0 spiro atoms. The first-order valence-corrected chi connectivity index (χ1v) is 7.26. The summed E-state index contributed by atoms with van der Waals surface area (Å²) in [6, 6.07) is 6.25. The second kappa shape index (κ2) is 5.36. The molecule has 1 unspecified atom stereocenters. The number of aliphatic hydroxyl groups excluding tert-OH is 1. The molecule has 0 saturated heterocycles. The minimum absolute atomic E-state index is 0.275. The van der Waals surface area contributed by atoms with Crippen molar-refractivity contribution in [1.29, 1.82) is 0 Å². The van der Waals surface area contributed by atoms with E-state index in [4.69, 9.17) is 11.6 Å². The first kappa shape index (κ1) is 12.2. The number of hydrogen-bond acceptors (Lipinski definition) is 4. The summed E-state index contributed by atoms with van der Waals surface area (Å²) >= 11 is 8.75. The van der Waals surface area contributed by atoms with Crippen LogP contribution in [0.2, 0.25) is 0 Å². The van der Waals surface area contributed by atoms with E-state index in [0.717, 1.165) is 9.86 Å². The highest BCUT2D eigenvalue weighted by Crippen LogP contribution is 2.30. The zero-order chi connectivity index (χ0) is 11.5. The fourth-order valence-corrected chi connectivity index (χ4v) is 3.53. The van der Waals surface area contributed by atoms with Gasteiger partial charge >= 0.3 is 0 Å². The van der Waals surface area contributed by atoms with Crippen molar-refractivity contribution in [2.75, 3.05) is 11.6 Å². The quantitative estimate of drug-likeness (QED) is 0.685. The van der Waals surface area contributed by atoms with Gasteiger partial charge in [-0.1, -0.05) is 17.8 Å². The molecule has 0 aliphatic heterocycles. The maximum atomic E-state index is 9.36. The zero-order valence-corrected chi connectivity index (χ0v) is 11.2. The zero-order valence-electron chi connectivity index (χ0n) is 8.81. The molecule has 1 atom stereocenters. The fraction of sp³-hybridized carbons (Fsp3) is 0.364. The third kappa shape index (κ3) is 2.88. The Hall–Kier alpha value is -0.290. The molecule has 1 aromatic carbocycles. The molecule has 0 amide bonds. The number of alkyl halides is 1. The van der Waals surface area contributed by atoms with E-state index in [1.807, 2.05) is 0 Å². The molecule has 1 heterocycles. The van der Waals surface area contributed by atoms with Crippen molar-refractivity contribution in [2.24, 2.45) is 0 Å². The Labute approximate surface area is 108 Å². The molecule has 1 aromatic heterocycles. The van der Waals surface area contributed by atoms with Gasteiger partial charge in [0.1, 0.15) is 0 Å². The van der Waals surface area contributed by atoms with Crippen LogP contribution in [0.4, 0.5) is 0 Å². The van der Waals surface area contributed by atoms with Crippen molar-refractivity contribution in [3.8, 4) is 0 Å². The lowest BCUT2D eigenvalue weighted by molar-refractivity contribution is 0.223. The van der Waals surface area contributed by atoms with E-state index in [1.54, 1.807) is 23.1 Å². The van der Waals surface area contributed by atoms with Gasteiger partial charge in [-0.2, -0.15) is 0 Å². The SMILES string of the molecule is Cc1ccc2sc(SCC(O)CCl)nc2c1. The highest BCUT2D eigenvalue weighted by atomic mass is 35.5. The predicted octanol–water partition coefficient (Wildman–Crippen LogP) is 3.30. The topological polar surface area (TPSA) is 33.1 Å². The number of fused-ring (bicyclic) bond motifs is 1. The molecule has 0 aliphatic rings. The summed E-state index contributed by atoms with van der Waals surface area (Å²) < 4.78 is 2.18. The summed E-state index contributed by atoms with van der Waals surface area (Å²) in [5.41, 5.74) is 2.25. The normalized spacial score (nSPS) is 13.2. The number of hydrogen-bond donors (Lipinski definition) is 1. The number of aromatic nitrogens is 1. The maximum absolute atomic E-state index is 9.36. The first-order valence-electron chi connectivity index (χ1n) is 4.93. The Morgan fingerprint density at radius 1 is 1.56 bits per heavy atom. The molecule has 2 aromatic rings. The van der Waals surface area contributed by atoms with Crippen molar-refractivity contribution in [3.63, 3.8) is 0 Å². The second-order valence-corrected chi connectivity index (χ2v) is 6.18. The van der Waals surface area contributed by atoms with E-state index in [9.17, 15) is 5.11 Å². The van der Waals surface area contributed by atoms with Crippen molar-refractivity contribution >= 4 is 44.9 Å². The summed E-state index contributed by atoms with van der Waals surface area (Å²) in [6.07, 6.45) is -0.458. The van der Waals surface area contributed by atoms with Gasteiger partial charge in [0.25, 0.3) is 0 Å². The van der Waals surface area contributed by atoms with Crippen LogP contribution in [0.25, 0.3) is 10.2 Å². The van der Waals surface area contributed by atoms with Crippen LogP contribution >= 0.6 is 34.7 Å². The van der Waals surface area contributed by atoms with Gasteiger partial charge in [-0.25, -0.2) is 4.98 Å². The minimum Gasteiger partial charge on any atom is -0.391 e. The summed E-state index contributed by atoms with van der Waals surface area (Å²) in [6.45, 7) is 2.06. The largest absolute Gasteiger partial charge is 0.391 e. The van der Waals surface area contributed by atoms with Gasteiger partial charge in [-0.05, 0) is 24.6 Å². The number of aryl methyl sites for hydroxylation is 1. The number of thiazole rings is 1. The van der Waals surface area contributed by atoms with E-state index < -0.39 is 6.10 Å². The van der Waals surface area contributed by atoms with Gasteiger partial charge in [0.15, 0.2) is 4.34 Å². The third-order valence-electron chi connectivity index (χ3n) is 2.10. The fourth-order valence-electron chi connectivity index (χ4n) is 1.29. The Morgan fingerprint density at radius 3 is 3.12 bits per heavy atom. The third-order valence-corrected chi connectivity index (χ3v) is 4.78. The van der Waals surface area contributed by atoms with Gasteiger partial charge in [0.05, 0.1) is 16.3 Å². The maximum Gasteiger partial charge on any atom is 0.151 e. The molecule has 0 radical (unpaired) electrons. The summed E-state index contributed by atoms with van der Waals surface area (Å²) in [4.78, 5) is 4.51. The van der Waals surface area contributed by atoms with E-state index >= 15 is 0 Å². The minimum atomic E-state index is -0.458. The first-order chi connectivity index (χ1) is 7.69. The van der Waals surface area contributed by atoms with E-state index in [1.165, 1.54) is 10.3 Å². The van der Waals surface area contributed by atoms with Crippen molar-refractivity contribution in [2.45, 2.75) is 17.4 Å². The van der Waals surface area contributed by atoms with Crippen molar-refractivity contribution in [3.05, 3.63) is 23.8 Å². The van der Waals surface area contributed by atoms with Crippen LogP contribution in [0, 0.1) is 6.92 Å². The predicted molar refractivity (Wildman–Crippen MR) is 71.8 cm³/mol. The standard InChI is InChI=1S/C11H12ClNOS2/c1-7-2-3-10-9(4-7)13-11(16-10)15-6-8(14)5-12/h2-4,8,14H,5-6H2,1H3. The smallest absolute Gasteiger partial charge is 0.151 e. The molecular formula is C11H12ClNOS2. The Balaban J connectivity index is 2.13. The summed E-state index contributed by atoms with van der Waals surface area (Å²) in [7, 11) is 0. The van der Waals surface area contributed by atoms with Crippen LogP contribution in [-0.4, -0.2) is 27.8 Å². The highest BCUT2D eigenvalue weighted by Gasteiger charge is 2.07. The lowest BCUT2D eigenvalue weighted by Crippen LogP contribution is -2.10. The van der Waals surface area contributed by atoms with Gasteiger partial charge in [-0.15, -0.1) is 22.9 Å². The average molecular weight is 274 g/mol. The molecular weight excluding hydrogens is 262 g/mol. The number of benzene rings is 1. The van der Waals surface area contributed by atoms with Gasteiger partial charge in [0, 0.05) is 11.6 Å². The summed E-state index contributed by atoms with van der Waals surface area (Å²) in [5, 5.41) is 9.36. The van der Waals surface area contributed by atoms with E-state index in [2.05, 4.69) is 30.1 Å². The Morgan fingerprint density at radius 2 is 2.38 bits per heavy atom. The monoisotopic (exact) mass is 273 g/mol. The van der Waals surface area contributed by atoms with Crippen LogP contribution in [0.3, 0.4) is 0 Å². The van der Waals surface area contributed by atoms with E-state index in [-0.39, 0.29) is 5.88 Å². The molecule has 16 heavy (non-hydrogen) atoms. The molecule has 86 valence electrons. The van der Waals surface area contributed by atoms with Crippen LogP contribution in [0.15, 0.2) is 22.5 Å². The Kier molecular flexibility index (Phi) is 4.08. The lowest BCUT2D eigenvalue weighted by atomic mass is 10.2. The summed E-state index contributed by atoms with van der Waals surface area (Å²) in [5.74, 6) is 0.874. The molecule has 0 aliphatic carbocycles. The number of nitrogens with zero attached hydrogens (tertiary/aromatic N) is 1. The van der Waals surface area contributed by atoms with Gasteiger partial charge < -0.3 is 5.11 Å². The lowest BCUT2D eigenvalue weighted by Gasteiger charge is -2.02. The molecule has 0 saturated carbocycles. The molecule has 0 fully saturated rings. The molecule has 2 rings (SSSR count). The van der Waals surface area contributed by atoms with Crippen molar-refractivity contribution in [1.82, 2.24) is 4.98 Å².